The number of benzene rings is 1. The summed E-state index contributed by atoms with van der Waals surface area (Å²) < 4.78 is 11.1. The van der Waals surface area contributed by atoms with Gasteiger partial charge in [-0.2, -0.15) is 0 Å². The highest BCUT2D eigenvalue weighted by atomic mass is 16.5. The quantitative estimate of drug-likeness (QED) is 0.852. The lowest BCUT2D eigenvalue weighted by Crippen LogP contribution is -2.38. The van der Waals surface area contributed by atoms with Gasteiger partial charge in [-0.05, 0) is 39.0 Å². The van der Waals surface area contributed by atoms with Crippen molar-refractivity contribution in [3.63, 3.8) is 0 Å². The van der Waals surface area contributed by atoms with Crippen LogP contribution in [0.1, 0.15) is 23.9 Å². The molecular formula is C15H19N3O2. The molecule has 0 saturated heterocycles. The Labute approximate surface area is 118 Å². The van der Waals surface area contributed by atoms with E-state index in [-0.39, 0.29) is 6.10 Å². The van der Waals surface area contributed by atoms with E-state index >= 15 is 0 Å². The second kappa shape index (κ2) is 4.74. The van der Waals surface area contributed by atoms with Crippen LogP contribution in [0.15, 0.2) is 22.7 Å². The number of fused-ring (bicyclic) bond motifs is 1. The van der Waals surface area contributed by atoms with Gasteiger partial charge in [0, 0.05) is 17.8 Å². The summed E-state index contributed by atoms with van der Waals surface area (Å²) in [5.41, 5.74) is 9.74. The van der Waals surface area contributed by atoms with Crippen LogP contribution in [0, 0.1) is 13.8 Å². The smallest absolute Gasteiger partial charge is 0.143 e. The molecule has 0 fully saturated rings. The molecule has 1 unspecified atom stereocenters. The fraction of sp³-hybridized carbons (Fsp3) is 0.400. The van der Waals surface area contributed by atoms with Crippen molar-refractivity contribution >= 4 is 11.4 Å². The van der Waals surface area contributed by atoms with Crippen molar-refractivity contribution in [2.45, 2.75) is 33.4 Å². The van der Waals surface area contributed by atoms with E-state index in [9.17, 15) is 0 Å². The van der Waals surface area contributed by atoms with Crippen LogP contribution in [0.2, 0.25) is 0 Å². The lowest BCUT2D eigenvalue weighted by Gasteiger charge is -2.35. The Bertz CT molecular complexity index is 617. The van der Waals surface area contributed by atoms with Crippen LogP contribution in [0.3, 0.4) is 0 Å². The summed E-state index contributed by atoms with van der Waals surface area (Å²) in [6, 6.07) is 5.75. The van der Waals surface area contributed by atoms with E-state index in [0.717, 1.165) is 47.2 Å². The number of rotatable bonds is 2. The first-order chi connectivity index (χ1) is 9.54. The molecule has 5 heteroatoms. The van der Waals surface area contributed by atoms with E-state index in [4.69, 9.17) is 15.0 Å². The molecule has 20 heavy (non-hydrogen) atoms. The van der Waals surface area contributed by atoms with Crippen LogP contribution in [-0.4, -0.2) is 17.8 Å². The summed E-state index contributed by atoms with van der Waals surface area (Å²) >= 11 is 0. The summed E-state index contributed by atoms with van der Waals surface area (Å²) in [7, 11) is 0. The number of nitrogen functional groups attached to an aromatic ring is 1. The SMILES string of the molecule is Cc1noc(C)c1CN1CC(C)Oc2ccc(N)cc21. The average Bonchev–Trinajstić information content (AvgIpc) is 2.71. The molecule has 5 nitrogen and oxygen atoms in total. The van der Waals surface area contributed by atoms with E-state index in [1.54, 1.807) is 0 Å². The van der Waals surface area contributed by atoms with Gasteiger partial charge < -0.3 is 19.9 Å². The Morgan fingerprint density at radius 1 is 1.40 bits per heavy atom. The number of hydrogen-bond donors (Lipinski definition) is 1. The average molecular weight is 273 g/mol. The third-order valence-electron chi connectivity index (χ3n) is 3.66. The second-order valence-electron chi connectivity index (χ2n) is 5.34. The highest BCUT2D eigenvalue weighted by Gasteiger charge is 2.25. The maximum Gasteiger partial charge on any atom is 0.143 e. The summed E-state index contributed by atoms with van der Waals surface area (Å²) in [6.07, 6.45) is 0.145. The van der Waals surface area contributed by atoms with Gasteiger partial charge in [0.1, 0.15) is 17.6 Å². The lowest BCUT2D eigenvalue weighted by molar-refractivity contribution is 0.212. The largest absolute Gasteiger partial charge is 0.487 e. The van der Waals surface area contributed by atoms with Crippen molar-refractivity contribution in [3.8, 4) is 5.75 Å². The van der Waals surface area contributed by atoms with E-state index in [2.05, 4.69) is 17.0 Å². The number of nitrogens with zero attached hydrogens (tertiary/aromatic N) is 2. The summed E-state index contributed by atoms with van der Waals surface area (Å²) in [5.74, 6) is 1.75. The number of aryl methyl sites for hydroxylation is 2. The molecule has 0 spiro atoms. The number of anilines is 2. The Hall–Kier alpha value is -2.17. The van der Waals surface area contributed by atoms with Gasteiger partial charge in [0.25, 0.3) is 0 Å². The molecule has 0 amide bonds. The second-order valence-corrected chi connectivity index (χ2v) is 5.34. The van der Waals surface area contributed by atoms with Gasteiger partial charge in [-0.3, -0.25) is 0 Å². The molecule has 0 saturated carbocycles. The Morgan fingerprint density at radius 3 is 2.90 bits per heavy atom. The van der Waals surface area contributed by atoms with Crippen LogP contribution in [0.25, 0.3) is 0 Å². The summed E-state index contributed by atoms with van der Waals surface area (Å²) in [5, 5.41) is 4.02. The zero-order valence-corrected chi connectivity index (χ0v) is 12.0. The number of nitrogens with two attached hydrogens (primary N) is 1. The lowest BCUT2D eigenvalue weighted by atomic mass is 10.1. The molecule has 2 heterocycles. The molecule has 0 bridgehead atoms. The maximum absolute atomic E-state index is 5.90. The molecule has 2 aromatic rings. The zero-order valence-electron chi connectivity index (χ0n) is 12.0. The monoisotopic (exact) mass is 273 g/mol. The van der Waals surface area contributed by atoms with Crippen molar-refractivity contribution < 1.29 is 9.26 Å². The highest BCUT2D eigenvalue weighted by Crippen LogP contribution is 2.36. The number of hydrogen-bond acceptors (Lipinski definition) is 5. The fourth-order valence-corrected chi connectivity index (χ4v) is 2.61. The topological polar surface area (TPSA) is 64.5 Å². The Morgan fingerprint density at radius 2 is 2.20 bits per heavy atom. The first-order valence-electron chi connectivity index (χ1n) is 6.77. The minimum Gasteiger partial charge on any atom is -0.487 e. The molecule has 2 N–H and O–H groups in total. The van der Waals surface area contributed by atoms with Crippen LogP contribution < -0.4 is 15.4 Å². The van der Waals surface area contributed by atoms with Crippen molar-refractivity contribution in [3.05, 3.63) is 35.2 Å². The van der Waals surface area contributed by atoms with Crippen molar-refractivity contribution in [1.29, 1.82) is 0 Å². The van der Waals surface area contributed by atoms with E-state index in [0.29, 0.717) is 0 Å². The van der Waals surface area contributed by atoms with Crippen molar-refractivity contribution in [2.75, 3.05) is 17.2 Å². The Kier molecular flexibility index (Phi) is 3.04. The van der Waals surface area contributed by atoms with Crippen molar-refractivity contribution in [1.82, 2.24) is 5.16 Å². The van der Waals surface area contributed by atoms with Gasteiger partial charge >= 0.3 is 0 Å². The van der Waals surface area contributed by atoms with Crippen LogP contribution in [-0.2, 0) is 6.54 Å². The normalized spacial score (nSPS) is 17.8. The molecule has 3 rings (SSSR count). The van der Waals surface area contributed by atoms with Gasteiger partial charge in [0.05, 0.1) is 17.9 Å². The standard InChI is InChI=1S/C15H19N3O2/c1-9-7-18(8-13-10(2)17-20-11(13)3)14-6-12(16)4-5-15(14)19-9/h4-6,9H,7-8,16H2,1-3H3. The molecule has 0 aliphatic carbocycles. The van der Waals surface area contributed by atoms with E-state index in [1.807, 2.05) is 32.0 Å². The molecule has 106 valence electrons. The first-order valence-corrected chi connectivity index (χ1v) is 6.77. The van der Waals surface area contributed by atoms with Crippen LogP contribution >= 0.6 is 0 Å². The number of ether oxygens (including phenoxy) is 1. The minimum absolute atomic E-state index is 0.145. The van der Waals surface area contributed by atoms with Gasteiger partial charge in [-0.15, -0.1) is 0 Å². The van der Waals surface area contributed by atoms with Gasteiger partial charge in [0.2, 0.25) is 0 Å². The zero-order chi connectivity index (χ0) is 14.3. The third-order valence-corrected chi connectivity index (χ3v) is 3.66. The van der Waals surface area contributed by atoms with Gasteiger partial charge in [0.15, 0.2) is 0 Å². The summed E-state index contributed by atoms with van der Waals surface area (Å²) in [6.45, 7) is 7.56. The molecule has 1 aromatic heterocycles. The Balaban J connectivity index is 1.96. The van der Waals surface area contributed by atoms with Gasteiger partial charge in [-0.1, -0.05) is 5.16 Å². The van der Waals surface area contributed by atoms with Gasteiger partial charge in [-0.25, -0.2) is 0 Å². The molecule has 1 atom stereocenters. The van der Waals surface area contributed by atoms with Crippen LogP contribution in [0.5, 0.6) is 5.75 Å². The minimum atomic E-state index is 0.145. The number of aromatic nitrogens is 1. The van der Waals surface area contributed by atoms with Crippen molar-refractivity contribution in [2.24, 2.45) is 0 Å². The van der Waals surface area contributed by atoms with Crippen LogP contribution in [0.4, 0.5) is 11.4 Å². The fourth-order valence-electron chi connectivity index (χ4n) is 2.61. The molecular weight excluding hydrogens is 254 g/mol. The molecule has 1 aliphatic heterocycles. The first kappa shape index (κ1) is 12.8. The van der Waals surface area contributed by atoms with E-state index in [1.165, 1.54) is 0 Å². The van der Waals surface area contributed by atoms with E-state index < -0.39 is 0 Å². The third kappa shape index (κ3) is 2.19. The molecule has 0 radical (unpaired) electrons. The predicted octanol–water partition coefficient (Wildman–Crippen LogP) is 2.66. The summed E-state index contributed by atoms with van der Waals surface area (Å²) in [4.78, 5) is 2.27. The predicted molar refractivity (Wildman–Crippen MR) is 78.0 cm³/mol. The highest BCUT2D eigenvalue weighted by molar-refractivity contribution is 5.66. The molecule has 1 aromatic carbocycles. The maximum atomic E-state index is 5.90. The molecule has 1 aliphatic rings.